The van der Waals surface area contributed by atoms with Crippen molar-refractivity contribution in [3.63, 3.8) is 0 Å². The van der Waals surface area contributed by atoms with Gasteiger partial charge in [0.2, 0.25) is 5.91 Å². The molecule has 0 aromatic heterocycles. The minimum absolute atomic E-state index is 0.0633. The van der Waals surface area contributed by atoms with Crippen molar-refractivity contribution >= 4 is 34.8 Å². The molecule has 28 heavy (non-hydrogen) atoms. The lowest BCUT2D eigenvalue weighted by molar-refractivity contribution is -0.907. The topological polar surface area (TPSA) is 75.6 Å². The number of methoxy groups -OCH3 is 1. The summed E-state index contributed by atoms with van der Waals surface area (Å²) in [5.74, 6) is 0.366. The predicted molar refractivity (Wildman–Crippen MR) is 108 cm³/mol. The molecule has 0 unspecified atom stereocenters. The minimum Gasteiger partial charge on any atom is -0.497 e. The first-order valence-corrected chi connectivity index (χ1v) is 9.84. The molecule has 2 fully saturated rings. The lowest BCUT2D eigenvalue weighted by atomic mass is 10.1. The van der Waals surface area contributed by atoms with Crippen LogP contribution in [-0.4, -0.2) is 86.3 Å². The van der Waals surface area contributed by atoms with Crippen LogP contribution < -0.4 is 15.0 Å². The molecule has 0 saturated carbocycles. The quantitative estimate of drug-likeness (QED) is 0.586. The molecule has 2 N–H and O–H groups in total. The zero-order valence-corrected chi connectivity index (χ0v) is 17.1. The Labute approximate surface area is 170 Å². The van der Waals surface area contributed by atoms with E-state index in [4.69, 9.17) is 21.7 Å². The van der Waals surface area contributed by atoms with Crippen molar-refractivity contribution in [1.82, 2.24) is 9.80 Å². The fraction of sp³-hybridized carbons (Fsp3) is 0.526. The van der Waals surface area contributed by atoms with Gasteiger partial charge in [-0.25, -0.2) is 0 Å². The average Bonchev–Trinajstić information content (AvgIpc) is 2.91. The Morgan fingerprint density at radius 2 is 2.00 bits per heavy atom. The van der Waals surface area contributed by atoms with Gasteiger partial charge in [-0.05, 0) is 36.5 Å². The largest absolute Gasteiger partial charge is 0.497 e. The van der Waals surface area contributed by atoms with Crippen LogP contribution in [0.4, 0.5) is 5.69 Å². The molecule has 8 nitrogen and oxygen atoms in total. The van der Waals surface area contributed by atoms with Crippen LogP contribution in [0.1, 0.15) is 6.42 Å². The van der Waals surface area contributed by atoms with Crippen LogP contribution in [0.15, 0.2) is 24.3 Å². The average molecular weight is 408 g/mol. The van der Waals surface area contributed by atoms with Crippen LogP contribution in [0, 0.1) is 0 Å². The lowest BCUT2D eigenvalue weighted by Crippen LogP contribution is -3.14. The van der Waals surface area contributed by atoms with E-state index >= 15 is 0 Å². The van der Waals surface area contributed by atoms with Crippen molar-refractivity contribution in [2.45, 2.75) is 12.5 Å². The first-order valence-electron chi connectivity index (χ1n) is 9.43. The normalized spacial score (nSPS) is 20.6. The number of thiocarbonyl (C=S) groups is 1. The number of ether oxygens (including phenoxy) is 2. The van der Waals surface area contributed by atoms with Crippen molar-refractivity contribution in [3.8, 4) is 5.75 Å². The second-order valence-electron chi connectivity index (χ2n) is 6.98. The van der Waals surface area contributed by atoms with Gasteiger partial charge < -0.3 is 24.6 Å². The van der Waals surface area contributed by atoms with Crippen LogP contribution >= 0.6 is 12.2 Å². The third-order valence-corrected chi connectivity index (χ3v) is 5.69. The number of hydrogen-bond donors (Lipinski definition) is 2. The number of morpholine rings is 1. The highest BCUT2D eigenvalue weighted by molar-refractivity contribution is 7.80. The first-order chi connectivity index (χ1) is 13.5. The Balaban J connectivity index is 1.60. The monoisotopic (exact) mass is 407 g/mol. The maximum absolute atomic E-state index is 12.6. The summed E-state index contributed by atoms with van der Waals surface area (Å²) >= 11 is 5.45. The maximum Gasteiger partial charge on any atom is 0.251 e. The Morgan fingerprint density at radius 1 is 1.32 bits per heavy atom. The van der Waals surface area contributed by atoms with Gasteiger partial charge in [0.05, 0.1) is 39.8 Å². The van der Waals surface area contributed by atoms with Crippen LogP contribution in [0.3, 0.4) is 0 Å². The van der Waals surface area contributed by atoms with E-state index in [9.17, 15) is 9.59 Å². The van der Waals surface area contributed by atoms with E-state index in [1.165, 1.54) is 9.80 Å². The van der Waals surface area contributed by atoms with Crippen molar-refractivity contribution in [2.75, 3.05) is 58.9 Å². The van der Waals surface area contributed by atoms with Crippen LogP contribution in [0.25, 0.3) is 0 Å². The number of nitrogens with one attached hydrogen (secondary N) is 2. The van der Waals surface area contributed by atoms with E-state index in [0.717, 1.165) is 32.8 Å². The number of nitrogens with zero attached hydrogens (tertiary/aromatic N) is 2. The summed E-state index contributed by atoms with van der Waals surface area (Å²) in [4.78, 5) is 29.9. The van der Waals surface area contributed by atoms with Gasteiger partial charge in [0, 0.05) is 12.7 Å². The molecule has 0 radical (unpaired) electrons. The highest BCUT2D eigenvalue weighted by atomic mass is 32.1. The molecule has 2 aliphatic heterocycles. The second-order valence-corrected chi connectivity index (χ2v) is 7.35. The Morgan fingerprint density at radius 3 is 2.64 bits per heavy atom. The number of anilines is 1. The molecule has 2 saturated heterocycles. The van der Waals surface area contributed by atoms with Gasteiger partial charge in [0.1, 0.15) is 24.9 Å². The summed E-state index contributed by atoms with van der Waals surface area (Å²) in [6.07, 6.45) is 0.0633. The molecule has 2 amide bonds. The molecular formula is C19H27N4O4S+. The fourth-order valence-electron chi connectivity index (χ4n) is 3.48. The van der Waals surface area contributed by atoms with Crippen molar-refractivity contribution in [1.29, 1.82) is 0 Å². The number of quaternary nitrogens is 1. The van der Waals surface area contributed by atoms with Crippen molar-refractivity contribution < 1.29 is 24.0 Å². The molecule has 0 spiro atoms. The van der Waals surface area contributed by atoms with Gasteiger partial charge in [-0.1, -0.05) is 0 Å². The number of benzene rings is 1. The van der Waals surface area contributed by atoms with E-state index in [-0.39, 0.29) is 18.2 Å². The summed E-state index contributed by atoms with van der Waals surface area (Å²) < 4.78 is 10.5. The highest BCUT2D eigenvalue weighted by Crippen LogP contribution is 2.20. The standard InChI is InChI=1S/C19H26N4O4S/c1-21-18(25)16(13-17(24)20-14-3-5-15(26-2)6-4-14)23(19(21)28)8-7-22-9-11-27-12-10-22/h3-6,16H,7-13H2,1-2H3,(H,20,24)/p+1/t16-/m0/s1. The van der Waals surface area contributed by atoms with Gasteiger partial charge in [0.25, 0.3) is 5.91 Å². The van der Waals surface area contributed by atoms with E-state index in [1.54, 1.807) is 38.4 Å². The summed E-state index contributed by atoms with van der Waals surface area (Å²) in [5, 5.41) is 3.33. The van der Waals surface area contributed by atoms with Crippen molar-refractivity contribution in [2.24, 2.45) is 0 Å². The van der Waals surface area contributed by atoms with Gasteiger partial charge in [-0.2, -0.15) is 0 Å². The number of likely N-dealkylation sites (N-methyl/N-ethyl adjacent to an activating group) is 1. The minimum atomic E-state index is -0.559. The molecule has 0 aliphatic carbocycles. The summed E-state index contributed by atoms with van der Waals surface area (Å²) in [5.41, 5.74) is 0.663. The van der Waals surface area contributed by atoms with Gasteiger partial charge in [0.15, 0.2) is 5.11 Å². The number of carbonyl (C=O) groups is 2. The summed E-state index contributed by atoms with van der Waals surface area (Å²) in [6, 6.07) is 6.52. The lowest BCUT2D eigenvalue weighted by Gasteiger charge is -2.28. The number of hydrogen-bond acceptors (Lipinski definition) is 5. The summed E-state index contributed by atoms with van der Waals surface area (Å²) in [6.45, 7) is 4.92. The molecule has 1 atom stereocenters. The maximum atomic E-state index is 12.6. The third kappa shape index (κ3) is 4.78. The molecule has 9 heteroatoms. The Bertz CT molecular complexity index is 721. The zero-order valence-electron chi connectivity index (χ0n) is 16.3. The summed E-state index contributed by atoms with van der Waals surface area (Å²) in [7, 11) is 3.26. The Kier molecular flexibility index (Phi) is 6.82. The Hall–Kier alpha value is -2.23. The third-order valence-electron chi connectivity index (χ3n) is 5.18. The fourth-order valence-corrected chi connectivity index (χ4v) is 3.79. The van der Waals surface area contributed by atoms with E-state index in [2.05, 4.69) is 5.32 Å². The number of rotatable bonds is 7. The van der Waals surface area contributed by atoms with Crippen molar-refractivity contribution in [3.05, 3.63) is 24.3 Å². The van der Waals surface area contributed by atoms with Crippen LogP contribution in [-0.2, 0) is 14.3 Å². The molecule has 1 aromatic rings. The molecule has 2 heterocycles. The molecule has 1 aromatic carbocycles. The smallest absolute Gasteiger partial charge is 0.251 e. The van der Waals surface area contributed by atoms with Gasteiger partial charge in [-0.15, -0.1) is 0 Å². The highest BCUT2D eigenvalue weighted by Gasteiger charge is 2.41. The van der Waals surface area contributed by atoms with Gasteiger partial charge >= 0.3 is 0 Å². The molecular weight excluding hydrogens is 380 g/mol. The molecule has 2 aliphatic rings. The van der Waals surface area contributed by atoms with Crippen LogP contribution in [0.5, 0.6) is 5.75 Å². The number of carbonyl (C=O) groups excluding carboxylic acids is 2. The predicted octanol–water partition coefficient (Wildman–Crippen LogP) is -0.634. The van der Waals surface area contributed by atoms with E-state index in [1.807, 2.05) is 4.90 Å². The molecule has 152 valence electrons. The number of amides is 2. The first kappa shape index (κ1) is 20.5. The van der Waals surface area contributed by atoms with E-state index < -0.39 is 6.04 Å². The second kappa shape index (κ2) is 9.31. The molecule has 3 rings (SSSR count). The van der Waals surface area contributed by atoms with E-state index in [0.29, 0.717) is 23.1 Å². The SMILES string of the molecule is COc1ccc(NC(=O)C[C@H]2C(=O)N(C)C(=S)N2CC[NH+]2CCOCC2)cc1. The van der Waals surface area contributed by atoms with Crippen LogP contribution in [0.2, 0.25) is 0 Å². The molecule has 0 bridgehead atoms. The zero-order chi connectivity index (χ0) is 20.1. The van der Waals surface area contributed by atoms with Gasteiger partial charge in [-0.3, -0.25) is 14.5 Å².